The maximum absolute atomic E-state index is 13.1. The number of nitrogens with zero attached hydrogens (tertiary/aromatic N) is 3. The maximum atomic E-state index is 13.1. The molecule has 4 rings (SSSR count). The molecular formula is C27H27N3O2. The molecule has 1 amide bonds. The predicted molar refractivity (Wildman–Crippen MR) is 125 cm³/mol. The molecule has 32 heavy (non-hydrogen) atoms. The maximum Gasteiger partial charge on any atom is 0.247 e. The minimum atomic E-state index is 0.0832. The van der Waals surface area contributed by atoms with E-state index in [0.29, 0.717) is 37.7 Å². The van der Waals surface area contributed by atoms with Gasteiger partial charge < -0.3 is 9.32 Å². The lowest BCUT2D eigenvalue weighted by molar-refractivity contribution is -0.131. The van der Waals surface area contributed by atoms with Gasteiger partial charge in [0.15, 0.2) is 0 Å². The van der Waals surface area contributed by atoms with E-state index in [1.807, 2.05) is 72.5 Å². The summed E-state index contributed by atoms with van der Waals surface area (Å²) in [7, 11) is 0. The zero-order valence-electron chi connectivity index (χ0n) is 18.3. The lowest BCUT2D eigenvalue weighted by Gasteiger charge is -2.23. The van der Waals surface area contributed by atoms with Gasteiger partial charge in [0, 0.05) is 31.5 Å². The Balaban J connectivity index is 1.39. The zero-order valence-corrected chi connectivity index (χ0v) is 18.3. The number of hydrogen-bond acceptors (Lipinski definition) is 4. The fraction of sp³-hybridized carbons (Fsp3) is 0.222. The third-order valence-electron chi connectivity index (χ3n) is 5.40. The van der Waals surface area contributed by atoms with Gasteiger partial charge in [-0.1, -0.05) is 78.4 Å². The third-order valence-corrected chi connectivity index (χ3v) is 5.40. The quantitative estimate of drug-likeness (QED) is 0.368. The zero-order chi connectivity index (χ0) is 22.2. The van der Waals surface area contributed by atoms with Gasteiger partial charge in [0.2, 0.25) is 17.7 Å². The molecule has 0 aliphatic carbocycles. The van der Waals surface area contributed by atoms with E-state index in [2.05, 4.69) is 34.5 Å². The van der Waals surface area contributed by atoms with Gasteiger partial charge in [-0.15, -0.1) is 10.2 Å². The average Bonchev–Trinajstić information content (AvgIpc) is 3.31. The first-order valence-electron chi connectivity index (χ1n) is 10.9. The first kappa shape index (κ1) is 21.5. The topological polar surface area (TPSA) is 59.2 Å². The second-order valence-corrected chi connectivity index (χ2v) is 7.90. The first-order valence-corrected chi connectivity index (χ1v) is 10.9. The van der Waals surface area contributed by atoms with Crippen LogP contribution in [-0.4, -0.2) is 27.5 Å². The lowest BCUT2D eigenvalue weighted by Crippen LogP contribution is -2.32. The Hall–Kier alpha value is -3.73. The number of rotatable bonds is 9. The van der Waals surface area contributed by atoms with Crippen molar-refractivity contribution in [1.82, 2.24) is 15.1 Å². The van der Waals surface area contributed by atoms with Crippen molar-refractivity contribution in [1.29, 1.82) is 0 Å². The molecular weight excluding hydrogens is 398 g/mol. The molecule has 3 aromatic carbocycles. The Morgan fingerprint density at radius 2 is 1.47 bits per heavy atom. The van der Waals surface area contributed by atoms with Crippen LogP contribution in [0.3, 0.4) is 0 Å². The van der Waals surface area contributed by atoms with Crippen molar-refractivity contribution < 1.29 is 9.21 Å². The molecule has 1 aromatic heterocycles. The molecule has 1 heterocycles. The summed E-state index contributed by atoms with van der Waals surface area (Å²) in [6.07, 6.45) is 1.57. The highest BCUT2D eigenvalue weighted by Crippen LogP contribution is 2.19. The highest BCUT2D eigenvalue weighted by Gasteiger charge is 2.16. The molecule has 162 valence electrons. The van der Waals surface area contributed by atoms with Gasteiger partial charge in [0.05, 0.1) is 0 Å². The van der Waals surface area contributed by atoms with E-state index in [4.69, 9.17) is 4.42 Å². The second-order valence-electron chi connectivity index (χ2n) is 7.90. The normalized spacial score (nSPS) is 10.8. The minimum absolute atomic E-state index is 0.0832. The van der Waals surface area contributed by atoms with Crippen LogP contribution in [-0.2, 0) is 24.2 Å². The lowest BCUT2D eigenvalue weighted by atomic mass is 10.1. The first-order chi connectivity index (χ1) is 15.7. The Kier molecular flexibility index (Phi) is 7.08. The van der Waals surface area contributed by atoms with Crippen LogP contribution in [0.2, 0.25) is 0 Å². The summed E-state index contributed by atoms with van der Waals surface area (Å²) in [5, 5.41) is 8.28. The molecule has 0 radical (unpaired) electrons. The number of aromatic nitrogens is 2. The molecule has 0 aliphatic heterocycles. The van der Waals surface area contributed by atoms with Crippen molar-refractivity contribution in [3.8, 4) is 11.5 Å². The van der Waals surface area contributed by atoms with Crippen LogP contribution < -0.4 is 0 Å². The molecule has 4 aromatic rings. The van der Waals surface area contributed by atoms with Crippen molar-refractivity contribution in [2.24, 2.45) is 0 Å². The number of amides is 1. The van der Waals surface area contributed by atoms with Crippen molar-refractivity contribution >= 4 is 5.91 Å². The van der Waals surface area contributed by atoms with Crippen molar-refractivity contribution in [3.05, 3.63) is 108 Å². The molecule has 0 bridgehead atoms. The highest BCUT2D eigenvalue weighted by molar-refractivity contribution is 5.76. The summed E-state index contributed by atoms with van der Waals surface area (Å²) >= 11 is 0. The van der Waals surface area contributed by atoms with E-state index in [-0.39, 0.29) is 5.91 Å². The van der Waals surface area contributed by atoms with E-state index in [9.17, 15) is 4.79 Å². The van der Waals surface area contributed by atoms with Gasteiger partial charge in [0.1, 0.15) is 0 Å². The van der Waals surface area contributed by atoms with Gasteiger partial charge in [-0.3, -0.25) is 4.79 Å². The van der Waals surface area contributed by atoms with Crippen molar-refractivity contribution in [3.63, 3.8) is 0 Å². The SMILES string of the molecule is Cc1ccc(-c2nnc(CCC(=O)N(CCc3ccccc3)Cc3ccccc3)o2)cc1. The fourth-order valence-electron chi connectivity index (χ4n) is 3.54. The molecule has 0 fully saturated rings. The Morgan fingerprint density at radius 1 is 0.812 bits per heavy atom. The molecule has 0 atom stereocenters. The van der Waals surface area contributed by atoms with Gasteiger partial charge >= 0.3 is 0 Å². The predicted octanol–water partition coefficient (Wildman–Crippen LogP) is 5.25. The van der Waals surface area contributed by atoms with Crippen molar-refractivity contribution in [2.45, 2.75) is 32.7 Å². The highest BCUT2D eigenvalue weighted by atomic mass is 16.4. The number of carbonyl (C=O) groups is 1. The van der Waals surface area contributed by atoms with Gasteiger partial charge in [-0.05, 0) is 36.6 Å². The Labute approximate surface area is 188 Å². The monoisotopic (exact) mass is 425 g/mol. The summed E-state index contributed by atoms with van der Waals surface area (Å²) < 4.78 is 5.79. The average molecular weight is 426 g/mol. The van der Waals surface area contributed by atoms with Crippen LogP contribution in [0.15, 0.2) is 89.3 Å². The molecule has 0 saturated heterocycles. The summed E-state index contributed by atoms with van der Waals surface area (Å²) in [6.45, 7) is 3.29. The number of aryl methyl sites for hydroxylation is 2. The van der Waals surface area contributed by atoms with Crippen LogP contribution in [0.1, 0.15) is 29.0 Å². The Bertz CT molecular complexity index is 1120. The van der Waals surface area contributed by atoms with E-state index < -0.39 is 0 Å². The summed E-state index contributed by atoms with van der Waals surface area (Å²) in [5.41, 5.74) is 4.40. The number of carbonyl (C=O) groups excluding carboxylic acids is 1. The minimum Gasteiger partial charge on any atom is -0.421 e. The van der Waals surface area contributed by atoms with Gasteiger partial charge in [-0.25, -0.2) is 0 Å². The van der Waals surface area contributed by atoms with Crippen molar-refractivity contribution in [2.75, 3.05) is 6.54 Å². The Morgan fingerprint density at radius 3 is 2.16 bits per heavy atom. The van der Waals surface area contributed by atoms with Crippen LogP contribution in [0.4, 0.5) is 0 Å². The molecule has 0 saturated carbocycles. The third kappa shape index (κ3) is 5.91. The van der Waals surface area contributed by atoms with E-state index >= 15 is 0 Å². The van der Waals surface area contributed by atoms with E-state index in [0.717, 1.165) is 17.5 Å². The van der Waals surface area contributed by atoms with Crippen LogP contribution >= 0.6 is 0 Å². The number of hydrogen-bond donors (Lipinski definition) is 0. The molecule has 0 unspecified atom stereocenters. The smallest absolute Gasteiger partial charge is 0.247 e. The largest absolute Gasteiger partial charge is 0.421 e. The van der Waals surface area contributed by atoms with Gasteiger partial charge in [0.25, 0.3) is 0 Å². The molecule has 5 nitrogen and oxygen atoms in total. The van der Waals surface area contributed by atoms with Crippen LogP contribution in [0, 0.1) is 6.92 Å². The standard InChI is InChI=1S/C27H27N3O2/c1-21-12-14-24(15-13-21)27-29-28-25(32-27)16-17-26(31)30(20-23-10-6-3-7-11-23)19-18-22-8-4-2-5-9-22/h2-15H,16-20H2,1H3. The van der Waals surface area contributed by atoms with Crippen LogP contribution in [0.25, 0.3) is 11.5 Å². The summed E-state index contributed by atoms with van der Waals surface area (Å²) in [4.78, 5) is 15.0. The van der Waals surface area contributed by atoms with E-state index in [1.165, 1.54) is 11.1 Å². The molecule has 5 heteroatoms. The van der Waals surface area contributed by atoms with Gasteiger partial charge in [-0.2, -0.15) is 0 Å². The summed E-state index contributed by atoms with van der Waals surface area (Å²) in [5.74, 6) is 1.05. The molecule has 0 aliphatic rings. The fourth-order valence-corrected chi connectivity index (χ4v) is 3.54. The number of benzene rings is 3. The van der Waals surface area contributed by atoms with Crippen LogP contribution in [0.5, 0.6) is 0 Å². The molecule has 0 N–H and O–H groups in total. The molecule has 0 spiro atoms. The van der Waals surface area contributed by atoms with E-state index in [1.54, 1.807) is 0 Å². The summed E-state index contributed by atoms with van der Waals surface area (Å²) in [6, 6.07) is 28.3. The second kappa shape index (κ2) is 10.5.